The quantitative estimate of drug-likeness (QED) is 0.415. The molecule has 1 amide bonds. The average molecular weight is 482 g/mol. The van der Waals surface area contributed by atoms with E-state index in [-0.39, 0.29) is 6.09 Å². The van der Waals surface area contributed by atoms with Crippen molar-refractivity contribution >= 4 is 17.3 Å². The molecule has 1 fully saturated rings. The molecule has 1 aromatic carbocycles. The van der Waals surface area contributed by atoms with Gasteiger partial charge >= 0.3 is 6.09 Å². The predicted molar refractivity (Wildman–Crippen MR) is 135 cm³/mol. The van der Waals surface area contributed by atoms with Crippen LogP contribution in [0.15, 0.2) is 30.3 Å². The summed E-state index contributed by atoms with van der Waals surface area (Å²) in [6, 6.07) is 9.79. The third-order valence-electron chi connectivity index (χ3n) is 5.95. The zero-order valence-corrected chi connectivity index (χ0v) is 21.7. The van der Waals surface area contributed by atoms with Gasteiger partial charge in [-0.15, -0.1) is 0 Å². The van der Waals surface area contributed by atoms with Crippen molar-refractivity contribution in [2.45, 2.75) is 52.7 Å². The van der Waals surface area contributed by atoms with E-state index in [2.05, 4.69) is 0 Å². The number of rotatable bonds is 8. The molecule has 0 bridgehead atoms. The molecule has 3 aromatic rings. The Balaban J connectivity index is 1.88. The fourth-order valence-corrected chi connectivity index (χ4v) is 4.30. The number of carbonyl (C=O) groups excluding carboxylic acids is 1. The molecule has 0 atom stereocenters. The highest BCUT2D eigenvalue weighted by Gasteiger charge is 2.33. The second-order valence-electron chi connectivity index (χ2n) is 9.98. The molecule has 1 saturated carbocycles. The number of fused-ring (bicyclic) bond motifs is 1. The number of ether oxygens (including phenoxy) is 4. The topological polar surface area (TPSA) is 74.5 Å². The Bertz CT molecular complexity index is 1200. The van der Waals surface area contributed by atoms with Crippen LogP contribution in [0.2, 0.25) is 0 Å². The van der Waals surface area contributed by atoms with Crippen molar-refractivity contribution in [3.05, 3.63) is 41.6 Å². The van der Waals surface area contributed by atoms with Gasteiger partial charge in [0.2, 0.25) is 0 Å². The van der Waals surface area contributed by atoms with Gasteiger partial charge in [-0.3, -0.25) is 4.90 Å². The maximum atomic E-state index is 13.3. The molecule has 1 aliphatic carbocycles. The number of anilines is 1. The van der Waals surface area contributed by atoms with Crippen LogP contribution < -0.4 is 14.4 Å². The first kappa shape index (κ1) is 24.9. The van der Waals surface area contributed by atoms with Gasteiger partial charge in [-0.05, 0) is 76.3 Å². The van der Waals surface area contributed by atoms with Crippen molar-refractivity contribution in [1.82, 2.24) is 9.61 Å². The molecular weight excluding hydrogens is 446 g/mol. The molecule has 2 aromatic heterocycles. The maximum Gasteiger partial charge on any atom is 0.414 e. The molecule has 8 nitrogen and oxygen atoms in total. The van der Waals surface area contributed by atoms with Crippen LogP contribution in [0.25, 0.3) is 16.8 Å². The molecule has 0 unspecified atom stereocenters. The zero-order chi connectivity index (χ0) is 25.3. The van der Waals surface area contributed by atoms with Crippen molar-refractivity contribution in [2.75, 3.05) is 32.8 Å². The Labute approximate surface area is 206 Å². The van der Waals surface area contributed by atoms with E-state index in [0.29, 0.717) is 30.6 Å². The Kier molecular flexibility index (Phi) is 6.94. The summed E-state index contributed by atoms with van der Waals surface area (Å²) in [5.74, 6) is 1.79. The summed E-state index contributed by atoms with van der Waals surface area (Å²) in [6.45, 7) is 8.62. The number of aromatic nitrogens is 2. The second kappa shape index (κ2) is 9.77. The van der Waals surface area contributed by atoms with Crippen LogP contribution in [-0.4, -0.2) is 49.2 Å². The lowest BCUT2D eigenvalue weighted by atomic mass is 10.0. The fourth-order valence-electron chi connectivity index (χ4n) is 4.30. The van der Waals surface area contributed by atoms with Gasteiger partial charge in [0, 0.05) is 13.7 Å². The van der Waals surface area contributed by atoms with Crippen molar-refractivity contribution < 1.29 is 23.7 Å². The number of aryl methyl sites for hydroxylation is 1. The summed E-state index contributed by atoms with van der Waals surface area (Å²) < 4.78 is 24.4. The van der Waals surface area contributed by atoms with Gasteiger partial charge in [-0.25, -0.2) is 9.31 Å². The Morgan fingerprint density at radius 3 is 2.31 bits per heavy atom. The van der Waals surface area contributed by atoms with E-state index in [0.717, 1.165) is 46.6 Å². The van der Waals surface area contributed by atoms with Crippen LogP contribution in [0.5, 0.6) is 11.5 Å². The maximum absolute atomic E-state index is 13.3. The van der Waals surface area contributed by atoms with Gasteiger partial charge in [0.05, 0.1) is 49.0 Å². The number of benzene rings is 1. The molecule has 0 N–H and O–H groups in total. The first-order chi connectivity index (χ1) is 16.7. The first-order valence-electron chi connectivity index (χ1n) is 11.9. The smallest absolute Gasteiger partial charge is 0.414 e. The Morgan fingerprint density at radius 1 is 1.11 bits per heavy atom. The van der Waals surface area contributed by atoms with Gasteiger partial charge in [-0.2, -0.15) is 5.10 Å². The van der Waals surface area contributed by atoms with E-state index in [1.807, 2.05) is 62.5 Å². The molecule has 1 aliphatic rings. The van der Waals surface area contributed by atoms with Gasteiger partial charge in [0.25, 0.3) is 0 Å². The highest BCUT2D eigenvalue weighted by Crippen LogP contribution is 2.42. The molecule has 2 heterocycles. The number of nitrogens with zero attached hydrogens (tertiary/aromatic N) is 3. The minimum absolute atomic E-state index is 0.355. The molecule has 0 saturated heterocycles. The highest BCUT2D eigenvalue weighted by molar-refractivity contribution is 5.95. The lowest BCUT2D eigenvalue weighted by Gasteiger charge is -2.27. The van der Waals surface area contributed by atoms with Gasteiger partial charge < -0.3 is 18.9 Å². The minimum Gasteiger partial charge on any atom is -0.496 e. The van der Waals surface area contributed by atoms with Crippen LogP contribution >= 0.6 is 0 Å². The van der Waals surface area contributed by atoms with Crippen LogP contribution in [-0.2, 0) is 16.1 Å². The molecule has 0 aliphatic heterocycles. The van der Waals surface area contributed by atoms with Crippen molar-refractivity contribution in [3.63, 3.8) is 0 Å². The van der Waals surface area contributed by atoms with Gasteiger partial charge in [-0.1, -0.05) is 6.07 Å². The summed E-state index contributed by atoms with van der Waals surface area (Å²) >= 11 is 0. The van der Waals surface area contributed by atoms with E-state index in [9.17, 15) is 4.79 Å². The first-order valence-corrected chi connectivity index (χ1v) is 11.9. The minimum atomic E-state index is -0.592. The van der Waals surface area contributed by atoms with E-state index in [4.69, 9.17) is 24.0 Å². The summed E-state index contributed by atoms with van der Waals surface area (Å²) in [5, 5.41) is 4.86. The molecule has 188 valence electrons. The number of pyridine rings is 1. The molecule has 4 rings (SSSR count). The fraction of sp³-hybridized carbons (Fsp3) is 0.481. The van der Waals surface area contributed by atoms with E-state index in [1.54, 1.807) is 26.2 Å². The molecule has 8 heteroatoms. The summed E-state index contributed by atoms with van der Waals surface area (Å²) in [4.78, 5) is 15.0. The van der Waals surface area contributed by atoms with E-state index < -0.39 is 5.60 Å². The largest absolute Gasteiger partial charge is 0.496 e. The normalized spacial score (nSPS) is 13.7. The third-order valence-corrected chi connectivity index (χ3v) is 5.95. The third kappa shape index (κ3) is 5.22. The number of hydrogen-bond donors (Lipinski definition) is 0. The number of carbonyl (C=O) groups is 1. The average Bonchev–Trinajstić information content (AvgIpc) is 3.56. The van der Waals surface area contributed by atoms with E-state index in [1.165, 1.54) is 0 Å². The van der Waals surface area contributed by atoms with Crippen LogP contribution in [0.1, 0.15) is 44.9 Å². The highest BCUT2D eigenvalue weighted by atomic mass is 16.6. The van der Waals surface area contributed by atoms with Crippen LogP contribution in [0.4, 0.5) is 10.5 Å². The number of hydrogen-bond acceptors (Lipinski definition) is 6. The van der Waals surface area contributed by atoms with Crippen LogP contribution in [0, 0.1) is 12.8 Å². The molecule has 0 spiro atoms. The monoisotopic (exact) mass is 481 g/mol. The Hall–Kier alpha value is -3.26. The standard InChI is InChI=1S/C27H35N3O5/c1-17-25(29(15-18-11-12-18)26(31)35-27(2,3)4)21-10-8-9-20(30(21)28-17)24-22(33-6)13-19(16-32-5)14-23(24)34-7/h8-10,13-14,18H,11-12,15-16H2,1-7H3. The van der Waals surface area contributed by atoms with E-state index >= 15 is 0 Å². The number of methoxy groups -OCH3 is 3. The predicted octanol–water partition coefficient (Wildman–Crippen LogP) is 5.62. The van der Waals surface area contributed by atoms with Gasteiger partial charge in [0.15, 0.2) is 0 Å². The molecule has 0 radical (unpaired) electrons. The van der Waals surface area contributed by atoms with Gasteiger partial charge in [0.1, 0.15) is 17.1 Å². The second-order valence-corrected chi connectivity index (χ2v) is 9.98. The lowest BCUT2D eigenvalue weighted by Crippen LogP contribution is -2.38. The zero-order valence-electron chi connectivity index (χ0n) is 21.7. The summed E-state index contributed by atoms with van der Waals surface area (Å²) in [5.41, 5.74) is 4.25. The van der Waals surface area contributed by atoms with Crippen molar-refractivity contribution in [3.8, 4) is 22.8 Å². The van der Waals surface area contributed by atoms with Crippen molar-refractivity contribution in [2.24, 2.45) is 5.92 Å². The molecule has 35 heavy (non-hydrogen) atoms. The lowest BCUT2D eigenvalue weighted by molar-refractivity contribution is 0.0578. The van der Waals surface area contributed by atoms with Crippen molar-refractivity contribution in [1.29, 1.82) is 0 Å². The van der Waals surface area contributed by atoms with Crippen LogP contribution in [0.3, 0.4) is 0 Å². The molecular formula is C27H35N3O5. The number of amides is 1. The Morgan fingerprint density at radius 2 is 1.77 bits per heavy atom. The summed E-state index contributed by atoms with van der Waals surface area (Å²) in [7, 11) is 4.92. The summed E-state index contributed by atoms with van der Waals surface area (Å²) in [6.07, 6.45) is 1.88. The SMILES string of the molecule is COCc1cc(OC)c(-c2cccc3c(N(CC4CC4)C(=O)OC(C)(C)C)c(C)nn23)c(OC)c1.